The van der Waals surface area contributed by atoms with Crippen LogP contribution < -0.4 is 5.32 Å². The van der Waals surface area contributed by atoms with E-state index < -0.39 is 0 Å². The SMILES string of the molecule is CCC1CCNC(CC(O)C(C)(C)C)C1. The largest absolute Gasteiger partial charge is 0.393 e. The number of hydrogen-bond acceptors (Lipinski definition) is 2. The van der Waals surface area contributed by atoms with Crippen molar-refractivity contribution in [2.24, 2.45) is 11.3 Å². The molecule has 3 unspecified atom stereocenters. The second-order valence-corrected chi connectivity index (χ2v) is 6.07. The van der Waals surface area contributed by atoms with Crippen LogP contribution in [0, 0.1) is 11.3 Å². The van der Waals surface area contributed by atoms with Gasteiger partial charge in [0.2, 0.25) is 0 Å². The van der Waals surface area contributed by atoms with Crippen LogP contribution in [0.3, 0.4) is 0 Å². The zero-order chi connectivity index (χ0) is 11.5. The number of aliphatic hydroxyl groups excluding tert-OH is 1. The summed E-state index contributed by atoms with van der Waals surface area (Å²) in [4.78, 5) is 0. The molecule has 0 bridgehead atoms. The van der Waals surface area contributed by atoms with E-state index in [1.54, 1.807) is 0 Å². The van der Waals surface area contributed by atoms with E-state index in [0.717, 1.165) is 18.9 Å². The summed E-state index contributed by atoms with van der Waals surface area (Å²) in [5.74, 6) is 0.864. The molecule has 3 atom stereocenters. The summed E-state index contributed by atoms with van der Waals surface area (Å²) in [5, 5.41) is 13.6. The molecular weight excluding hydrogens is 186 g/mol. The molecule has 0 aliphatic carbocycles. The normalized spacial score (nSPS) is 30.2. The Balaban J connectivity index is 2.38. The first-order valence-corrected chi connectivity index (χ1v) is 6.35. The second-order valence-electron chi connectivity index (χ2n) is 6.07. The number of piperidine rings is 1. The summed E-state index contributed by atoms with van der Waals surface area (Å²) in [5.41, 5.74) is 0.0147. The van der Waals surface area contributed by atoms with Gasteiger partial charge in [0.15, 0.2) is 0 Å². The Kier molecular flexibility index (Phi) is 4.60. The third kappa shape index (κ3) is 4.12. The van der Waals surface area contributed by atoms with E-state index in [1.165, 1.54) is 19.3 Å². The van der Waals surface area contributed by atoms with Crippen molar-refractivity contribution in [2.45, 2.75) is 65.5 Å². The zero-order valence-electron chi connectivity index (χ0n) is 10.7. The monoisotopic (exact) mass is 213 g/mol. The van der Waals surface area contributed by atoms with E-state index in [-0.39, 0.29) is 11.5 Å². The summed E-state index contributed by atoms with van der Waals surface area (Å²) in [6.07, 6.45) is 4.54. The Bertz CT molecular complexity index is 185. The molecule has 0 aromatic rings. The summed E-state index contributed by atoms with van der Waals surface area (Å²) < 4.78 is 0. The third-order valence-electron chi connectivity index (χ3n) is 3.69. The van der Waals surface area contributed by atoms with Gasteiger partial charge < -0.3 is 10.4 Å². The van der Waals surface area contributed by atoms with Crippen LogP contribution >= 0.6 is 0 Å². The highest BCUT2D eigenvalue weighted by Crippen LogP contribution is 2.27. The topological polar surface area (TPSA) is 32.3 Å². The minimum atomic E-state index is -0.189. The fraction of sp³-hybridized carbons (Fsp3) is 1.00. The maximum atomic E-state index is 10.1. The number of rotatable bonds is 3. The van der Waals surface area contributed by atoms with Crippen molar-refractivity contribution < 1.29 is 5.11 Å². The molecule has 2 N–H and O–H groups in total. The predicted molar refractivity (Wildman–Crippen MR) is 64.9 cm³/mol. The smallest absolute Gasteiger partial charge is 0.0603 e. The van der Waals surface area contributed by atoms with Crippen LogP contribution in [0.2, 0.25) is 0 Å². The van der Waals surface area contributed by atoms with Crippen molar-refractivity contribution in [3.05, 3.63) is 0 Å². The molecule has 15 heavy (non-hydrogen) atoms. The summed E-state index contributed by atoms with van der Waals surface area (Å²) in [6.45, 7) is 9.72. The number of hydrogen-bond donors (Lipinski definition) is 2. The molecule has 0 aromatic heterocycles. The summed E-state index contributed by atoms with van der Waals surface area (Å²) >= 11 is 0. The quantitative estimate of drug-likeness (QED) is 0.755. The van der Waals surface area contributed by atoms with Gasteiger partial charge in [-0.1, -0.05) is 34.1 Å². The molecule has 1 fully saturated rings. The van der Waals surface area contributed by atoms with Crippen LogP contribution in [0.25, 0.3) is 0 Å². The van der Waals surface area contributed by atoms with Gasteiger partial charge in [-0.05, 0) is 37.1 Å². The van der Waals surface area contributed by atoms with Gasteiger partial charge in [0.05, 0.1) is 6.10 Å². The van der Waals surface area contributed by atoms with Crippen molar-refractivity contribution in [1.82, 2.24) is 5.32 Å². The molecular formula is C13H27NO. The first-order chi connectivity index (χ1) is 6.93. The molecule has 1 saturated heterocycles. The van der Waals surface area contributed by atoms with Crippen molar-refractivity contribution in [3.8, 4) is 0 Å². The Morgan fingerprint density at radius 2 is 2.07 bits per heavy atom. The third-order valence-corrected chi connectivity index (χ3v) is 3.69. The lowest BCUT2D eigenvalue weighted by Crippen LogP contribution is -2.42. The Morgan fingerprint density at radius 3 is 2.60 bits per heavy atom. The average molecular weight is 213 g/mol. The van der Waals surface area contributed by atoms with Gasteiger partial charge in [-0.15, -0.1) is 0 Å². The van der Waals surface area contributed by atoms with Gasteiger partial charge in [0.25, 0.3) is 0 Å². The standard InChI is InChI=1S/C13H27NO/c1-5-10-6-7-14-11(8-10)9-12(15)13(2,3)4/h10-12,14-15H,5-9H2,1-4H3. The lowest BCUT2D eigenvalue weighted by molar-refractivity contribution is 0.0406. The maximum Gasteiger partial charge on any atom is 0.0603 e. The van der Waals surface area contributed by atoms with Gasteiger partial charge >= 0.3 is 0 Å². The fourth-order valence-electron chi connectivity index (χ4n) is 2.27. The number of aliphatic hydroxyl groups is 1. The van der Waals surface area contributed by atoms with Gasteiger partial charge in [-0.25, -0.2) is 0 Å². The highest BCUT2D eigenvalue weighted by Gasteiger charge is 2.28. The first-order valence-electron chi connectivity index (χ1n) is 6.35. The molecule has 1 heterocycles. The van der Waals surface area contributed by atoms with Crippen LogP contribution in [0.15, 0.2) is 0 Å². The average Bonchev–Trinajstić information content (AvgIpc) is 2.16. The van der Waals surface area contributed by atoms with E-state index in [2.05, 4.69) is 33.0 Å². The molecule has 0 spiro atoms. The first kappa shape index (κ1) is 13.0. The molecule has 0 saturated carbocycles. The molecule has 1 aliphatic rings. The number of nitrogens with one attached hydrogen (secondary N) is 1. The van der Waals surface area contributed by atoms with E-state index in [9.17, 15) is 5.11 Å². The van der Waals surface area contributed by atoms with E-state index in [0.29, 0.717) is 6.04 Å². The minimum Gasteiger partial charge on any atom is -0.393 e. The Morgan fingerprint density at radius 1 is 1.40 bits per heavy atom. The molecule has 0 aromatic carbocycles. The van der Waals surface area contributed by atoms with Crippen LogP contribution in [-0.2, 0) is 0 Å². The van der Waals surface area contributed by atoms with E-state index in [4.69, 9.17) is 0 Å². The van der Waals surface area contributed by atoms with Gasteiger partial charge in [-0.3, -0.25) is 0 Å². The van der Waals surface area contributed by atoms with Crippen LogP contribution in [0.4, 0.5) is 0 Å². The van der Waals surface area contributed by atoms with Crippen LogP contribution in [0.5, 0.6) is 0 Å². The summed E-state index contributed by atoms with van der Waals surface area (Å²) in [7, 11) is 0. The fourth-order valence-corrected chi connectivity index (χ4v) is 2.27. The highest BCUT2D eigenvalue weighted by atomic mass is 16.3. The lowest BCUT2D eigenvalue weighted by Gasteiger charge is -2.34. The zero-order valence-corrected chi connectivity index (χ0v) is 10.7. The van der Waals surface area contributed by atoms with Gasteiger partial charge in [0, 0.05) is 6.04 Å². The maximum absolute atomic E-state index is 10.1. The van der Waals surface area contributed by atoms with Crippen molar-refractivity contribution in [1.29, 1.82) is 0 Å². The van der Waals surface area contributed by atoms with Gasteiger partial charge in [0.1, 0.15) is 0 Å². The summed E-state index contributed by atoms with van der Waals surface area (Å²) in [6, 6.07) is 0.526. The van der Waals surface area contributed by atoms with Crippen molar-refractivity contribution >= 4 is 0 Å². The lowest BCUT2D eigenvalue weighted by atomic mass is 9.81. The molecule has 1 aliphatic heterocycles. The molecule has 2 nitrogen and oxygen atoms in total. The van der Waals surface area contributed by atoms with Gasteiger partial charge in [-0.2, -0.15) is 0 Å². The highest BCUT2D eigenvalue weighted by molar-refractivity contribution is 4.83. The molecule has 90 valence electrons. The van der Waals surface area contributed by atoms with E-state index in [1.807, 2.05) is 0 Å². The molecule has 2 heteroatoms. The molecule has 1 rings (SSSR count). The molecule has 0 radical (unpaired) electrons. The minimum absolute atomic E-state index is 0.0147. The molecule has 0 amide bonds. The second kappa shape index (κ2) is 5.31. The van der Waals surface area contributed by atoms with Crippen molar-refractivity contribution in [3.63, 3.8) is 0 Å². The van der Waals surface area contributed by atoms with Crippen LogP contribution in [-0.4, -0.2) is 23.8 Å². The Hall–Kier alpha value is -0.0800. The van der Waals surface area contributed by atoms with Crippen molar-refractivity contribution in [2.75, 3.05) is 6.54 Å². The predicted octanol–water partition coefficient (Wildman–Crippen LogP) is 2.56. The van der Waals surface area contributed by atoms with E-state index >= 15 is 0 Å². The Labute approximate surface area is 94.5 Å². The van der Waals surface area contributed by atoms with Crippen LogP contribution in [0.1, 0.15) is 53.4 Å².